The number of nitrogens with one attached hydrogen (secondary N) is 1. The first kappa shape index (κ1) is 11.4. The summed E-state index contributed by atoms with van der Waals surface area (Å²) in [7, 11) is 0. The minimum absolute atomic E-state index is 0.0153. The first-order valence-electron chi connectivity index (χ1n) is 4.40. The van der Waals surface area contributed by atoms with E-state index in [1.807, 2.05) is 6.07 Å². The van der Waals surface area contributed by atoms with Gasteiger partial charge in [-0.05, 0) is 0 Å². The van der Waals surface area contributed by atoms with Gasteiger partial charge in [-0.15, -0.1) is 0 Å². The SMILES string of the molecule is N#CC[C@H]1N[C@H](CO)[C@H](O)[C@H](O)[C@H]1O. The van der Waals surface area contributed by atoms with E-state index in [0.29, 0.717) is 0 Å². The average Bonchev–Trinajstić information content (AvgIpc) is 2.19. The summed E-state index contributed by atoms with van der Waals surface area (Å²) in [5.41, 5.74) is 0. The van der Waals surface area contributed by atoms with Gasteiger partial charge in [0.15, 0.2) is 0 Å². The predicted molar refractivity (Wildman–Crippen MR) is 46.0 cm³/mol. The standard InChI is InChI=1S/C8H14N2O4/c9-2-1-4-6(12)8(14)7(13)5(3-11)10-4/h4-8,10-14H,1,3H2/t4-,5-,6+,7+,8-/m1/s1. The molecule has 0 amide bonds. The van der Waals surface area contributed by atoms with Gasteiger partial charge in [0.05, 0.1) is 37.3 Å². The van der Waals surface area contributed by atoms with Crippen molar-refractivity contribution in [3.63, 3.8) is 0 Å². The lowest BCUT2D eigenvalue weighted by molar-refractivity contribution is -0.118. The largest absolute Gasteiger partial charge is 0.395 e. The number of nitriles is 1. The van der Waals surface area contributed by atoms with Gasteiger partial charge in [-0.2, -0.15) is 5.26 Å². The minimum atomic E-state index is -1.33. The van der Waals surface area contributed by atoms with Gasteiger partial charge in [0.1, 0.15) is 6.10 Å². The lowest BCUT2D eigenvalue weighted by Gasteiger charge is -2.40. The second-order valence-corrected chi connectivity index (χ2v) is 3.40. The number of aliphatic hydroxyl groups is 4. The maximum Gasteiger partial charge on any atom is 0.109 e. The van der Waals surface area contributed by atoms with Crippen LogP contribution < -0.4 is 5.32 Å². The maximum absolute atomic E-state index is 9.45. The smallest absolute Gasteiger partial charge is 0.109 e. The van der Waals surface area contributed by atoms with Crippen molar-refractivity contribution in [2.75, 3.05) is 6.61 Å². The monoisotopic (exact) mass is 202 g/mol. The quantitative estimate of drug-likeness (QED) is 0.333. The third-order valence-corrected chi connectivity index (χ3v) is 2.46. The van der Waals surface area contributed by atoms with Crippen molar-refractivity contribution in [3.05, 3.63) is 0 Å². The molecule has 1 saturated heterocycles. The zero-order valence-electron chi connectivity index (χ0n) is 7.54. The first-order valence-corrected chi connectivity index (χ1v) is 4.40. The molecule has 0 aliphatic carbocycles. The summed E-state index contributed by atoms with van der Waals surface area (Å²) >= 11 is 0. The van der Waals surface area contributed by atoms with E-state index in [1.54, 1.807) is 0 Å². The van der Waals surface area contributed by atoms with E-state index >= 15 is 0 Å². The Hall–Kier alpha value is -0.710. The van der Waals surface area contributed by atoms with Gasteiger partial charge in [0.2, 0.25) is 0 Å². The van der Waals surface area contributed by atoms with Crippen molar-refractivity contribution in [2.45, 2.75) is 36.8 Å². The Balaban J connectivity index is 2.69. The van der Waals surface area contributed by atoms with Crippen LogP contribution in [0, 0.1) is 11.3 Å². The van der Waals surface area contributed by atoms with Crippen LogP contribution in [0.4, 0.5) is 0 Å². The molecule has 0 bridgehead atoms. The molecule has 1 fully saturated rings. The zero-order chi connectivity index (χ0) is 10.7. The Morgan fingerprint density at radius 1 is 1.07 bits per heavy atom. The number of hydrogen-bond donors (Lipinski definition) is 5. The third kappa shape index (κ3) is 2.03. The van der Waals surface area contributed by atoms with E-state index in [0.717, 1.165) is 0 Å². The van der Waals surface area contributed by atoms with E-state index in [4.69, 9.17) is 10.4 Å². The molecule has 0 unspecified atom stereocenters. The lowest BCUT2D eigenvalue weighted by Crippen LogP contribution is -2.65. The van der Waals surface area contributed by atoms with Gasteiger partial charge in [0.25, 0.3) is 0 Å². The molecule has 0 aromatic rings. The van der Waals surface area contributed by atoms with Crippen LogP contribution >= 0.6 is 0 Å². The van der Waals surface area contributed by atoms with E-state index in [-0.39, 0.29) is 13.0 Å². The normalized spacial score (nSPS) is 43.2. The molecule has 0 radical (unpaired) electrons. The Morgan fingerprint density at radius 3 is 2.14 bits per heavy atom. The van der Waals surface area contributed by atoms with E-state index in [9.17, 15) is 15.3 Å². The molecule has 0 aromatic heterocycles. The van der Waals surface area contributed by atoms with E-state index in [1.165, 1.54) is 0 Å². The van der Waals surface area contributed by atoms with Gasteiger partial charge >= 0.3 is 0 Å². The molecule has 1 aliphatic rings. The predicted octanol–water partition coefficient (Wildman–Crippen LogP) is -2.68. The van der Waals surface area contributed by atoms with Gasteiger partial charge in [-0.1, -0.05) is 0 Å². The van der Waals surface area contributed by atoms with Crippen LogP contribution in [0.2, 0.25) is 0 Å². The highest BCUT2D eigenvalue weighted by Crippen LogP contribution is 2.17. The van der Waals surface area contributed by atoms with Crippen LogP contribution in [-0.2, 0) is 0 Å². The highest BCUT2D eigenvalue weighted by atomic mass is 16.4. The molecule has 0 spiro atoms. The van der Waals surface area contributed by atoms with Gasteiger partial charge in [0, 0.05) is 6.04 Å². The number of aliphatic hydroxyl groups excluding tert-OH is 4. The van der Waals surface area contributed by atoms with Crippen LogP contribution in [0.25, 0.3) is 0 Å². The topological polar surface area (TPSA) is 117 Å². The summed E-state index contributed by atoms with van der Waals surface area (Å²) in [5, 5.41) is 48.2. The van der Waals surface area contributed by atoms with Gasteiger partial charge in [-0.25, -0.2) is 0 Å². The van der Waals surface area contributed by atoms with Crippen molar-refractivity contribution in [1.29, 1.82) is 5.26 Å². The number of rotatable bonds is 2. The highest BCUT2D eigenvalue weighted by Gasteiger charge is 2.41. The van der Waals surface area contributed by atoms with Gasteiger partial charge < -0.3 is 25.7 Å². The highest BCUT2D eigenvalue weighted by molar-refractivity contribution is 5.00. The molecule has 6 heteroatoms. The van der Waals surface area contributed by atoms with Crippen molar-refractivity contribution in [2.24, 2.45) is 0 Å². The first-order chi connectivity index (χ1) is 6.61. The van der Waals surface area contributed by atoms with Crippen LogP contribution in [0.15, 0.2) is 0 Å². The molecule has 5 atom stereocenters. The number of piperidine rings is 1. The molecule has 14 heavy (non-hydrogen) atoms. The van der Waals surface area contributed by atoms with Crippen LogP contribution in [0.5, 0.6) is 0 Å². The Kier molecular flexibility index (Phi) is 3.80. The molecule has 0 aromatic carbocycles. The average molecular weight is 202 g/mol. The van der Waals surface area contributed by atoms with Crippen LogP contribution in [-0.4, -0.2) is 57.4 Å². The second-order valence-electron chi connectivity index (χ2n) is 3.40. The molecule has 1 rings (SSSR count). The van der Waals surface area contributed by atoms with Crippen molar-refractivity contribution >= 4 is 0 Å². The van der Waals surface area contributed by atoms with E-state index in [2.05, 4.69) is 5.32 Å². The summed E-state index contributed by atoms with van der Waals surface area (Å²) < 4.78 is 0. The molecule has 6 nitrogen and oxygen atoms in total. The maximum atomic E-state index is 9.45. The number of hydrogen-bond acceptors (Lipinski definition) is 6. The molecular weight excluding hydrogens is 188 g/mol. The third-order valence-electron chi connectivity index (χ3n) is 2.46. The number of nitrogens with zero attached hydrogens (tertiary/aromatic N) is 1. The minimum Gasteiger partial charge on any atom is -0.395 e. The fourth-order valence-corrected chi connectivity index (χ4v) is 1.59. The van der Waals surface area contributed by atoms with Gasteiger partial charge in [-0.3, -0.25) is 0 Å². The second kappa shape index (κ2) is 4.68. The summed E-state index contributed by atoms with van der Waals surface area (Å²) in [4.78, 5) is 0. The molecule has 1 aliphatic heterocycles. The van der Waals surface area contributed by atoms with E-state index < -0.39 is 30.4 Å². The van der Waals surface area contributed by atoms with Crippen molar-refractivity contribution in [1.82, 2.24) is 5.32 Å². The molecule has 5 N–H and O–H groups in total. The summed E-state index contributed by atoms with van der Waals surface area (Å²) in [5.74, 6) is 0. The summed E-state index contributed by atoms with van der Waals surface area (Å²) in [6.45, 7) is -0.354. The van der Waals surface area contributed by atoms with Crippen molar-refractivity contribution in [3.8, 4) is 6.07 Å². The molecular formula is C8H14N2O4. The molecule has 0 saturated carbocycles. The van der Waals surface area contributed by atoms with Crippen LogP contribution in [0.1, 0.15) is 6.42 Å². The zero-order valence-corrected chi connectivity index (χ0v) is 7.54. The van der Waals surface area contributed by atoms with Crippen LogP contribution in [0.3, 0.4) is 0 Å². The fraction of sp³-hybridized carbons (Fsp3) is 0.875. The Morgan fingerprint density at radius 2 is 1.64 bits per heavy atom. The Labute approximate surface area is 81.4 Å². The molecule has 1 heterocycles. The molecule has 80 valence electrons. The summed E-state index contributed by atoms with van der Waals surface area (Å²) in [6.07, 6.45) is -3.72. The Bertz CT molecular complexity index is 228. The summed E-state index contributed by atoms with van der Waals surface area (Å²) in [6, 6.07) is 0.534. The lowest BCUT2D eigenvalue weighted by atomic mass is 9.89. The fourth-order valence-electron chi connectivity index (χ4n) is 1.59. The van der Waals surface area contributed by atoms with Crippen molar-refractivity contribution < 1.29 is 20.4 Å².